The molecule has 0 heterocycles. The number of ether oxygens (including phenoxy) is 1. The molecule has 1 aromatic carbocycles. The fraction of sp³-hybridized carbons (Fsp3) is 0.500. The fourth-order valence-corrected chi connectivity index (χ4v) is 1.54. The Balaban J connectivity index is 2.38. The molecule has 3 nitrogen and oxygen atoms in total. The highest BCUT2D eigenvalue weighted by Crippen LogP contribution is 2.15. The Morgan fingerprint density at radius 2 is 1.89 bits per heavy atom. The van der Waals surface area contributed by atoms with Crippen molar-refractivity contribution in [3.8, 4) is 5.75 Å². The predicted octanol–water partition coefficient (Wildman–Crippen LogP) is 2.99. The van der Waals surface area contributed by atoms with Gasteiger partial charge in [-0.2, -0.15) is 8.78 Å². The molecule has 0 aromatic heterocycles. The van der Waals surface area contributed by atoms with Crippen molar-refractivity contribution in [2.24, 2.45) is 5.92 Å². The van der Waals surface area contributed by atoms with Gasteiger partial charge in [-0.05, 0) is 30.0 Å². The molecule has 1 rings (SSSR count). The first kappa shape index (κ1) is 15.4. The number of alkyl halides is 2. The van der Waals surface area contributed by atoms with Gasteiger partial charge in [0.1, 0.15) is 5.75 Å². The van der Waals surface area contributed by atoms with Gasteiger partial charge in [0.05, 0.1) is 6.42 Å². The summed E-state index contributed by atoms with van der Waals surface area (Å²) in [7, 11) is 0. The van der Waals surface area contributed by atoms with Gasteiger partial charge in [-0.25, -0.2) is 0 Å². The molecule has 0 unspecified atom stereocenters. The Morgan fingerprint density at radius 1 is 1.26 bits per heavy atom. The van der Waals surface area contributed by atoms with Gasteiger partial charge in [-0.3, -0.25) is 4.79 Å². The highest BCUT2D eigenvalue weighted by Gasteiger charge is 2.06. The number of hydrogen-bond donors (Lipinski definition) is 1. The molecule has 0 saturated carbocycles. The lowest BCUT2D eigenvalue weighted by Crippen LogP contribution is -2.26. The molecule has 106 valence electrons. The number of carbonyl (C=O) groups is 1. The van der Waals surface area contributed by atoms with E-state index in [9.17, 15) is 13.6 Å². The first-order valence-corrected chi connectivity index (χ1v) is 6.28. The summed E-state index contributed by atoms with van der Waals surface area (Å²) in [6, 6.07) is 6.09. The molecular weight excluding hydrogens is 252 g/mol. The van der Waals surface area contributed by atoms with Gasteiger partial charge in [0, 0.05) is 6.54 Å². The van der Waals surface area contributed by atoms with Crippen LogP contribution < -0.4 is 10.1 Å². The van der Waals surface area contributed by atoms with E-state index in [1.165, 1.54) is 12.1 Å². The third-order valence-electron chi connectivity index (χ3n) is 2.56. The van der Waals surface area contributed by atoms with E-state index in [2.05, 4.69) is 23.9 Å². The quantitative estimate of drug-likeness (QED) is 0.828. The maximum absolute atomic E-state index is 11.9. The third kappa shape index (κ3) is 6.74. The zero-order valence-corrected chi connectivity index (χ0v) is 11.2. The minimum Gasteiger partial charge on any atom is -0.435 e. The summed E-state index contributed by atoms with van der Waals surface area (Å²) < 4.78 is 28.1. The van der Waals surface area contributed by atoms with Crippen LogP contribution in [0.15, 0.2) is 24.3 Å². The number of nitrogens with one attached hydrogen (secondary N) is 1. The van der Waals surface area contributed by atoms with Crippen molar-refractivity contribution in [3.05, 3.63) is 29.8 Å². The van der Waals surface area contributed by atoms with Crippen molar-refractivity contribution in [2.75, 3.05) is 6.54 Å². The first-order chi connectivity index (χ1) is 8.97. The molecule has 0 radical (unpaired) electrons. The van der Waals surface area contributed by atoms with Crippen LogP contribution in [0.5, 0.6) is 5.75 Å². The minimum atomic E-state index is -2.83. The molecule has 0 bridgehead atoms. The van der Waals surface area contributed by atoms with Crippen LogP contribution in [0, 0.1) is 5.92 Å². The fourth-order valence-electron chi connectivity index (χ4n) is 1.54. The van der Waals surface area contributed by atoms with Gasteiger partial charge in [0.25, 0.3) is 0 Å². The molecule has 1 aromatic rings. The zero-order chi connectivity index (χ0) is 14.3. The van der Waals surface area contributed by atoms with Crippen molar-refractivity contribution in [3.63, 3.8) is 0 Å². The molecule has 0 aliphatic carbocycles. The summed E-state index contributed by atoms with van der Waals surface area (Å²) in [4.78, 5) is 11.6. The Morgan fingerprint density at radius 3 is 2.42 bits per heavy atom. The average molecular weight is 271 g/mol. The molecule has 5 heteroatoms. The summed E-state index contributed by atoms with van der Waals surface area (Å²) in [5, 5.41) is 2.82. The van der Waals surface area contributed by atoms with E-state index in [1.54, 1.807) is 12.1 Å². The molecule has 0 saturated heterocycles. The topological polar surface area (TPSA) is 38.3 Å². The number of rotatable bonds is 7. The number of benzene rings is 1. The van der Waals surface area contributed by atoms with E-state index in [0.717, 1.165) is 12.0 Å². The van der Waals surface area contributed by atoms with Gasteiger partial charge >= 0.3 is 6.61 Å². The van der Waals surface area contributed by atoms with Crippen LogP contribution in [0.25, 0.3) is 0 Å². The average Bonchev–Trinajstić information content (AvgIpc) is 2.30. The summed E-state index contributed by atoms with van der Waals surface area (Å²) in [6.07, 6.45) is 1.18. The lowest BCUT2D eigenvalue weighted by atomic mass is 10.1. The highest BCUT2D eigenvalue weighted by molar-refractivity contribution is 5.78. The number of carbonyl (C=O) groups excluding carboxylic acids is 1. The van der Waals surface area contributed by atoms with Gasteiger partial charge in [-0.1, -0.05) is 26.0 Å². The summed E-state index contributed by atoms with van der Waals surface area (Å²) in [5.74, 6) is 0.577. The first-order valence-electron chi connectivity index (χ1n) is 6.28. The SMILES string of the molecule is CC(C)CCNC(=O)Cc1ccc(OC(F)F)cc1. The maximum atomic E-state index is 11.9. The van der Waals surface area contributed by atoms with Crippen LogP contribution >= 0.6 is 0 Å². The van der Waals surface area contributed by atoms with Crippen molar-refractivity contribution >= 4 is 5.91 Å². The van der Waals surface area contributed by atoms with Crippen LogP contribution in [-0.2, 0) is 11.2 Å². The van der Waals surface area contributed by atoms with Crippen molar-refractivity contribution in [1.82, 2.24) is 5.32 Å². The Hall–Kier alpha value is -1.65. The molecule has 1 N–H and O–H groups in total. The van der Waals surface area contributed by atoms with Crippen molar-refractivity contribution < 1.29 is 18.3 Å². The Labute approximate surface area is 112 Å². The lowest BCUT2D eigenvalue weighted by molar-refractivity contribution is -0.120. The van der Waals surface area contributed by atoms with E-state index in [-0.39, 0.29) is 18.1 Å². The number of halogens is 2. The molecule has 1 amide bonds. The highest BCUT2D eigenvalue weighted by atomic mass is 19.3. The maximum Gasteiger partial charge on any atom is 0.387 e. The van der Waals surface area contributed by atoms with Gasteiger partial charge in [-0.15, -0.1) is 0 Å². The van der Waals surface area contributed by atoms with Crippen LogP contribution in [0.3, 0.4) is 0 Å². The molecule has 0 aliphatic heterocycles. The molecule has 0 atom stereocenters. The van der Waals surface area contributed by atoms with E-state index < -0.39 is 6.61 Å². The van der Waals surface area contributed by atoms with E-state index in [1.807, 2.05) is 0 Å². The number of amides is 1. The van der Waals surface area contributed by atoms with Gasteiger partial charge in [0.15, 0.2) is 0 Å². The van der Waals surface area contributed by atoms with Crippen LogP contribution in [0.4, 0.5) is 8.78 Å². The molecule has 19 heavy (non-hydrogen) atoms. The minimum absolute atomic E-state index is 0.0665. The van der Waals surface area contributed by atoms with E-state index >= 15 is 0 Å². The van der Waals surface area contributed by atoms with Crippen LogP contribution in [0.1, 0.15) is 25.8 Å². The summed E-state index contributed by atoms with van der Waals surface area (Å²) in [6.45, 7) is 2.01. The van der Waals surface area contributed by atoms with Gasteiger partial charge in [0.2, 0.25) is 5.91 Å². The summed E-state index contributed by atoms with van der Waals surface area (Å²) in [5.41, 5.74) is 0.767. The normalized spacial score (nSPS) is 10.8. The van der Waals surface area contributed by atoms with Crippen LogP contribution in [0.2, 0.25) is 0 Å². The molecule has 0 aliphatic rings. The summed E-state index contributed by atoms with van der Waals surface area (Å²) >= 11 is 0. The molecule has 0 fully saturated rings. The Bertz CT molecular complexity index is 391. The second-order valence-corrected chi connectivity index (χ2v) is 4.73. The second-order valence-electron chi connectivity index (χ2n) is 4.73. The van der Waals surface area contributed by atoms with E-state index in [4.69, 9.17) is 0 Å². The van der Waals surface area contributed by atoms with Crippen molar-refractivity contribution in [2.45, 2.75) is 33.3 Å². The molecule has 0 spiro atoms. The zero-order valence-electron chi connectivity index (χ0n) is 11.2. The van der Waals surface area contributed by atoms with Crippen LogP contribution in [-0.4, -0.2) is 19.1 Å². The monoisotopic (exact) mass is 271 g/mol. The van der Waals surface area contributed by atoms with Gasteiger partial charge < -0.3 is 10.1 Å². The Kier molecular flexibility index (Phi) is 6.25. The standard InChI is InChI=1S/C14H19F2NO2/c1-10(2)7-8-17-13(18)9-11-3-5-12(6-4-11)19-14(15)16/h3-6,10,14H,7-9H2,1-2H3,(H,17,18). The lowest BCUT2D eigenvalue weighted by Gasteiger charge is -2.08. The predicted molar refractivity (Wildman–Crippen MR) is 69.2 cm³/mol. The smallest absolute Gasteiger partial charge is 0.387 e. The third-order valence-corrected chi connectivity index (χ3v) is 2.56. The van der Waals surface area contributed by atoms with Crippen molar-refractivity contribution in [1.29, 1.82) is 0 Å². The second kappa shape index (κ2) is 7.71. The molecular formula is C14H19F2NO2. The van der Waals surface area contributed by atoms with E-state index in [0.29, 0.717) is 12.5 Å². The largest absolute Gasteiger partial charge is 0.435 e. The number of hydrogen-bond acceptors (Lipinski definition) is 2.